The fourth-order valence-electron chi connectivity index (χ4n) is 2.14. The summed E-state index contributed by atoms with van der Waals surface area (Å²) in [6, 6.07) is 9.15. The summed E-state index contributed by atoms with van der Waals surface area (Å²) in [6.45, 7) is 6.28. The molecule has 1 N–H and O–H groups in total. The average Bonchev–Trinajstić information content (AvgIpc) is 2.95. The van der Waals surface area contributed by atoms with Crippen molar-refractivity contribution in [2.45, 2.75) is 33.4 Å². The van der Waals surface area contributed by atoms with Crippen molar-refractivity contribution in [3.05, 3.63) is 36.2 Å². The van der Waals surface area contributed by atoms with Gasteiger partial charge < -0.3 is 4.74 Å². The highest BCUT2D eigenvalue weighted by molar-refractivity contribution is 5.76. The van der Waals surface area contributed by atoms with Crippen molar-refractivity contribution >= 4 is 5.97 Å². The Kier molecular flexibility index (Phi) is 4.87. The van der Waals surface area contributed by atoms with Crippen LogP contribution >= 0.6 is 0 Å². The Labute approximate surface area is 129 Å². The SMILES string of the molecule is COC(=O)[C@H](NCc1nnnn1-c1ccccc1)C(C)(C)C. The van der Waals surface area contributed by atoms with Crippen molar-refractivity contribution in [1.82, 2.24) is 25.5 Å². The molecule has 0 aliphatic rings. The molecule has 1 aromatic heterocycles. The number of carbonyl (C=O) groups is 1. The van der Waals surface area contributed by atoms with Crippen LogP contribution in [0.5, 0.6) is 0 Å². The van der Waals surface area contributed by atoms with E-state index < -0.39 is 6.04 Å². The summed E-state index contributed by atoms with van der Waals surface area (Å²) in [4.78, 5) is 11.9. The number of aromatic nitrogens is 4. The van der Waals surface area contributed by atoms with Gasteiger partial charge in [-0.05, 0) is 28.0 Å². The minimum absolute atomic E-state index is 0.280. The van der Waals surface area contributed by atoms with Crippen LogP contribution in [0.15, 0.2) is 30.3 Å². The molecule has 0 fully saturated rings. The van der Waals surface area contributed by atoms with Gasteiger partial charge in [-0.25, -0.2) is 0 Å². The van der Waals surface area contributed by atoms with Gasteiger partial charge in [-0.3, -0.25) is 10.1 Å². The molecule has 0 saturated heterocycles. The molecule has 2 rings (SSSR count). The number of nitrogens with one attached hydrogen (secondary N) is 1. The maximum atomic E-state index is 11.9. The average molecular weight is 303 g/mol. The van der Waals surface area contributed by atoms with Gasteiger partial charge in [-0.2, -0.15) is 4.68 Å². The van der Waals surface area contributed by atoms with Crippen molar-refractivity contribution in [1.29, 1.82) is 0 Å². The van der Waals surface area contributed by atoms with Gasteiger partial charge in [0.25, 0.3) is 0 Å². The van der Waals surface area contributed by atoms with Gasteiger partial charge in [-0.15, -0.1) is 5.10 Å². The molecule has 0 radical (unpaired) electrons. The van der Waals surface area contributed by atoms with E-state index in [9.17, 15) is 4.79 Å². The maximum absolute atomic E-state index is 11.9. The van der Waals surface area contributed by atoms with Crippen molar-refractivity contribution in [2.24, 2.45) is 5.41 Å². The number of hydrogen-bond acceptors (Lipinski definition) is 6. The molecule has 0 bridgehead atoms. The number of ether oxygens (including phenoxy) is 1. The summed E-state index contributed by atoms with van der Waals surface area (Å²) in [5.41, 5.74) is 0.590. The highest BCUT2D eigenvalue weighted by Gasteiger charge is 2.32. The minimum Gasteiger partial charge on any atom is -0.468 e. The predicted octanol–water partition coefficient (Wildman–Crippen LogP) is 1.34. The summed E-state index contributed by atoms with van der Waals surface area (Å²) >= 11 is 0. The van der Waals surface area contributed by atoms with Gasteiger partial charge in [-0.1, -0.05) is 39.0 Å². The number of hydrogen-bond donors (Lipinski definition) is 1. The van der Waals surface area contributed by atoms with Gasteiger partial charge in [0.05, 0.1) is 19.3 Å². The summed E-state index contributed by atoms with van der Waals surface area (Å²) in [5.74, 6) is 0.329. The fourth-order valence-corrected chi connectivity index (χ4v) is 2.14. The van der Waals surface area contributed by atoms with E-state index in [1.165, 1.54) is 7.11 Å². The molecule has 7 nitrogen and oxygen atoms in total. The van der Waals surface area contributed by atoms with Crippen molar-refractivity contribution < 1.29 is 9.53 Å². The first-order valence-electron chi connectivity index (χ1n) is 7.07. The van der Waals surface area contributed by atoms with E-state index in [1.54, 1.807) is 4.68 Å². The van der Waals surface area contributed by atoms with Crippen LogP contribution in [-0.2, 0) is 16.1 Å². The fraction of sp³-hybridized carbons (Fsp3) is 0.467. The largest absolute Gasteiger partial charge is 0.468 e. The quantitative estimate of drug-likeness (QED) is 0.839. The number of para-hydroxylation sites is 1. The van der Waals surface area contributed by atoms with Crippen molar-refractivity contribution in [2.75, 3.05) is 7.11 Å². The van der Waals surface area contributed by atoms with Crippen LogP contribution in [0.1, 0.15) is 26.6 Å². The maximum Gasteiger partial charge on any atom is 0.323 e. The molecule has 118 valence electrons. The molecule has 7 heteroatoms. The number of rotatable bonds is 5. The minimum atomic E-state index is -0.446. The first-order chi connectivity index (χ1) is 10.4. The first-order valence-corrected chi connectivity index (χ1v) is 7.07. The summed E-state index contributed by atoms with van der Waals surface area (Å²) < 4.78 is 6.51. The molecule has 0 aliphatic carbocycles. The molecule has 2 aromatic rings. The zero-order valence-electron chi connectivity index (χ0n) is 13.3. The molecule has 1 heterocycles. The number of methoxy groups -OCH3 is 1. The third-order valence-corrected chi connectivity index (χ3v) is 3.30. The van der Waals surface area contributed by atoms with Gasteiger partial charge >= 0.3 is 5.97 Å². The van der Waals surface area contributed by atoms with Crippen LogP contribution in [0.25, 0.3) is 5.69 Å². The number of esters is 1. The van der Waals surface area contributed by atoms with E-state index in [4.69, 9.17) is 4.74 Å². The van der Waals surface area contributed by atoms with Crippen LogP contribution in [0.2, 0.25) is 0 Å². The molecule has 0 saturated carbocycles. The summed E-state index contributed by atoms with van der Waals surface area (Å²) in [5, 5.41) is 14.9. The molecule has 0 amide bonds. The number of nitrogens with zero attached hydrogens (tertiary/aromatic N) is 4. The lowest BCUT2D eigenvalue weighted by molar-refractivity contribution is -0.146. The molecule has 0 spiro atoms. The van der Waals surface area contributed by atoms with Crippen LogP contribution in [0.4, 0.5) is 0 Å². The Morgan fingerprint density at radius 3 is 2.59 bits per heavy atom. The zero-order valence-corrected chi connectivity index (χ0v) is 13.3. The second-order valence-corrected chi connectivity index (χ2v) is 6.05. The molecule has 22 heavy (non-hydrogen) atoms. The molecule has 1 atom stereocenters. The number of carbonyl (C=O) groups excluding carboxylic acids is 1. The Bertz CT molecular complexity index is 618. The third-order valence-electron chi connectivity index (χ3n) is 3.30. The van der Waals surface area contributed by atoms with E-state index >= 15 is 0 Å². The molecule has 0 aliphatic heterocycles. The Balaban J connectivity index is 2.15. The Morgan fingerprint density at radius 1 is 1.32 bits per heavy atom. The Morgan fingerprint density at radius 2 is 2.00 bits per heavy atom. The van der Waals surface area contributed by atoms with E-state index in [-0.39, 0.29) is 11.4 Å². The lowest BCUT2D eigenvalue weighted by Gasteiger charge is -2.28. The lowest BCUT2D eigenvalue weighted by atomic mass is 9.87. The van der Waals surface area contributed by atoms with Crippen LogP contribution < -0.4 is 5.32 Å². The second-order valence-electron chi connectivity index (χ2n) is 6.05. The summed E-state index contributed by atoms with van der Waals surface area (Å²) in [6.07, 6.45) is 0. The normalized spacial score (nSPS) is 12.9. The number of benzene rings is 1. The van der Waals surface area contributed by atoms with E-state index in [0.717, 1.165) is 5.69 Å². The predicted molar refractivity (Wildman–Crippen MR) is 81.3 cm³/mol. The third kappa shape index (κ3) is 3.67. The van der Waals surface area contributed by atoms with E-state index in [0.29, 0.717) is 12.4 Å². The van der Waals surface area contributed by atoms with Crippen LogP contribution in [-0.4, -0.2) is 39.3 Å². The Hall–Kier alpha value is -2.28. The van der Waals surface area contributed by atoms with Gasteiger partial charge in [0.2, 0.25) is 0 Å². The molecular formula is C15H21N5O2. The van der Waals surface area contributed by atoms with Gasteiger partial charge in [0.15, 0.2) is 5.82 Å². The summed E-state index contributed by atoms with van der Waals surface area (Å²) in [7, 11) is 1.39. The molecule has 1 aromatic carbocycles. The monoisotopic (exact) mass is 303 g/mol. The topological polar surface area (TPSA) is 81.9 Å². The van der Waals surface area contributed by atoms with Crippen LogP contribution in [0.3, 0.4) is 0 Å². The van der Waals surface area contributed by atoms with Crippen LogP contribution in [0, 0.1) is 5.41 Å². The number of tetrazole rings is 1. The van der Waals surface area contributed by atoms with Crippen molar-refractivity contribution in [3.63, 3.8) is 0 Å². The van der Waals surface area contributed by atoms with Crippen molar-refractivity contribution in [3.8, 4) is 5.69 Å². The van der Waals surface area contributed by atoms with Gasteiger partial charge in [0, 0.05) is 0 Å². The first kappa shape index (κ1) is 16.1. The van der Waals surface area contributed by atoms with E-state index in [2.05, 4.69) is 20.8 Å². The highest BCUT2D eigenvalue weighted by atomic mass is 16.5. The standard InChI is InChI=1S/C15H21N5O2/c1-15(2,3)13(14(21)22-4)16-10-12-17-18-19-20(12)11-8-6-5-7-9-11/h5-9,13,16H,10H2,1-4H3/t13-/m0/s1. The van der Waals surface area contributed by atoms with E-state index in [1.807, 2.05) is 51.1 Å². The zero-order chi connectivity index (χ0) is 16.2. The highest BCUT2D eigenvalue weighted by Crippen LogP contribution is 2.20. The molecule has 0 unspecified atom stereocenters. The smallest absolute Gasteiger partial charge is 0.323 e. The molecular weight excluding hydrogens is 282 g/mol. The van der Waals surface area contributed by atoms with Gasteiger partial charge in [0.1, 0.15) is 6.04 Å². The second kappa shape index (κ2) is 6.65. The lowest BCUT2D eigenvalue weighted by Crippen LogP contribution is -2.47.